The molecule has 0 saturated heterocycles. The van der Waals surface area contributed by atoms with Crippen LogP contribution < -0.4 is 10.1 Å². The molecule has 0 fully saturated rings. The zero-order valence-electron chi connectivity index (χ0n) is 16.1. The number of nitrogens with zero attached hydrogens (tertiary/aromatic N) is 1. The van der Waals surface area contributed by atoms with Gasteiger partial charge in [0.1, 0.15) is 11.4 Å². The van der Waals surface area contributed by atoms with Crippen LogP contribution in [0.25, 0.3) is 0 Å². The minimum Gasteiger partial charge on any atom is -0.497 e. The first kappa shape index (κ1) is 20.8. The molecule has 0 radical (unpaired) electrons. The molecule has 1 aromatic rings. The molecule has 25 heavy (non-hydrogen) atoms. The third-order valence-electron chi connectivity index (χ3n) is 3.81. The Labute approximate surface area is 150 Å². The second kappa shape index (κ2) is 9.30. The summed E-state index contributed by atoms with van der Waals surface area (Å²) in [6.07, 6.45) is 0.477. The summed E-state index contributed by atoms with van der Waals surface area (Å²) in [5.41, 5.74) is 0.525. The zero-order valence-corrected chi connectivity index (χ0v) is 16.1. The molecular weight excluding hydrogens is 320 g/mol. The minimum atomic E-state index is -0.520. The highest BCUT2D eigenvalue weighted by atomic mass is 16.6. The van der Waals surface area contributed by atoms with Crippen molar-refractivity contribution < 1.29 is 19.1 Å². The zero-order chi connectivity index (χ0) is 19.0. The lowest BCUT2D eigenvalue weighted by atomic mass is 10.1. The number of benzene rings is 1. The smallest absolute Gasteiger partial charge is 0.407 e. The van der Waals surface area contributed by atoms with E-state index in [4.69, 9.17) is 9.47 Å². The predicted octanol–water partition coefficient (Wildman–Crippen LogP) is 3.52. The van der Waals surface area contributed by atoms with Crippen molar-refractivity contribution in [2.45, 2.75) is 52.2 Å². The van der Waals surface area contributed by atoms with Gasteiger partial charge in [-0.3, -0.25) is 4.79 Å². The fraction of sp³-hybridized carbons (Fsp3) is 0.579. The van der Waals surface area contributed by atoms with Crippen LogP contribution in [0.1, 0.15) is 52.1 Å². The van der Waals surface area contributed by atoms with Crippen LogP contribution in [-0.2, 0) is 9.53 Å². The molecule has 140 valence electrons. The number of alkyl carbamates (subject to hydrolysis) is 1. The molecule has 0 bridgehead atoms. The average molecular weight is 350 g/mol. The molecule has 0 aliphatic carbocycles. The van der Waals surface area contributed by atoms with E-state index in [0.29, 0.717) is 19.4 Å². The molecule has 0 aliphatic heterocycles. The Morgan fingerprint density at radius 3 is 2.32 bits per heavy atom. The van der Waals surface area contributed by atoms with E-state index in [1.165, 1.54) is 0 Å². The molecule has 0 saturated carbocycles. The van der Waals surface area contributed by atoms with Gasteiger partial charge in [0.2, 0.25) is 5.91 Å². The first-order chi connectivity index (χ1) is 11.6. The summed E-state index contributed by atoms with van der Waals surface area (Å²) >= 11 is 0. The third-order valence-corrected chi connectivity index (χ3v) is 3.81. The van der Waals surface area contributed by atoms with Gasteiger partial charge in [0.05, 0.1) is 13.2 Å². The fourth-order valence-electron chi connectivity index (χ4n) is 2.24. The van der Waals surface area contributed by atoms with Gasteiger partial charge in [-0.15, -0.1) is 0 Å². The lowest BCUT2D eigenvalue weighted by Gasteiger charge is -2.25. The highest BCUT2D eigenvalue weighted by molar-refractivity contribution is 5.76. The van der Waals surface area contributed by atoms with Gasteiger partial charge < -0.3 is 19.7 Å². The van der Waals surface area contributed by atoms with E-state index in [0.717, 1.165) is 11.3 Å². The highest BCUT2D eigenvalue weighted by Gasteiger charge is 2.18. The van der Waals surface area contributed by atoms with Crippen LogP contribution >= 0.6 is 0 Å². The number of ether oxygens (including phenoxy) is 2. The molecule has 0 heterocycles. The largest absolute Gasteiger partial charge is 0.497 e. The fourth-order valence-corrected chi connectivity index (χ4v) is 2.24. The van der Waals surface area contributed by atoms with Crippen LogP contribution in [0.5, 0.6) is 5.75 Å². The average Bonchev–Trinajstić information content (AvgIpc) is 2.55. The minimum absolute atomic E-state index is 0.0304. The number of carbonyl (C=O) groups excluding carboxylic acids is 2. The normalized spacial score (nSPS) is 12.2. The monoisotopic (exact) mass is 350 g/mol. The molecule has 1 N–H and O–H groups in total. The molecule has 0 aliphatic rings. The molecular formula is C19H30N2O4. The van der Waals surface area contributed by atoms with E-state index in [1.54, 1.807) is 19.1 Å². The van der Waals surface area contributed by atoms with Crippen molar-refractivity contribution in [2.24, 2.45) is 0 Å². The number of hydrogen-bond acceptors (Lipinski definition) is 4. The number of amides is 2. The first-order valence-corrected chi connectivity index (χ1v) is 8.50. The number of hydrogen-bond donors (Lipinski definition) is 1. The molecule has 6 nitrogen and oxygen atoms in total. The molecule has 1 atom stereocenters. The van der Waals surface area contributed by atoms with Crippen molar-refractivity contribution in [2.75, 3.05) is 20.7 Å². The number of methoxy groups -OCH3 is 1. The van der Waals surface area contributed by atoms with E-state index >= 15 is 0 Å². The Bertz CT molecular complexity index is 564. The highest BCUT2D eigenvalue weighted by Crippen LogP contribution is 2.22. The predicted molar refractivity (Wildman–Crippen MR) is 97.6 cm³/mol. The molecule has 2 amide bonds. The van der Waals surface area contributed by atoms with Crippen molar-refractivity contribution >= 4 is 12.0 Å². The second-order valence-corrected chi connectivity index (χ2v) is 6.99. The summed E-state index contributed by atoms with van der Waals surface area (Å²) in [6, 6.07) is 7.65. The van der Waals surface area contributed by atoms with Gasteiger partial charge in [-0.1, -0.05) is 12.1 Å². The van der Waals surface area contributed by atoms with Crippen LogP contribution in [-0.4, -0.2) is 43.2 Å². The molecule has 1 unspecified atom stereocenters. The molecule has 0 aromatic heterocycles. The van der Waals surface area contributed by atoms with Crippen LogP contribution in [0.4, 0.5) is 4.79 Å². The standard InChI is InChI=1S/C19H30N2O4/c1-14(15-9-11-16(24-6)12-10-15)21(5)17(22)8-7-13-20-18(23)25-19(2,3)4/h9-12,14H,7-8,13H2,1-6H3,(H,20,23). The Kier molecular flexibility index (Phi) is 7.74. The summed E-state index contributed by atoms with van der Waals surface area (Å²) in [5.74, 6) is 0.826. The van der Waals surface area contributed by atoms with E-state index in [-0.39, 0.29) is 11.9 Å². The van der Waals surface area contributed by atoms with E-state index in [2.05, 4.69) is 5.32 Å². The van der Waals surface area contributed by atoms with Gasteiger partial charge in [-0.25, -0.2) is 4.79 Å². The lowest BCUT2D eigenvalue weighted by Crippen LogP contribution is -2.34. The van der Waals surface area contributed by atoms with Gasteiger partial charge in [0, 0.05) is 20.0 Å². The van der Waals surface area contributed by atoms with Crippen molar-refractivity contribution in [3.8, 4) is 5.75 Å². The summed E-state index contributed by atoms with van der Waals surface area (Å²) in [6.45, 7) is 7.83. The van der Waals surface area contributed by atoms with E-state index < -0.39 is 11.7 Å². The van der Waals surface area contributed by atoms with Crippen molar-refractivity contribution in [1.29, 1.82) is 0 Å². The van der Waals surface area contributed by atoms with Crippen LogP contribution in [0.15, 0.2) is 24.3 Å². The van der Waals surface area contributed by atoms with Gasteiger partial charge in [0.25, 0.3) is 0 Å². The van der Waals surface area contributed by atoms with E-state index in [1.807, 2.05) is 52.0 Å². The van der Waals surface area contributed by atoms with Crippen LogP contribution in [0.2, 0.25) is 0 Å². The maximum Gasteiger partial charge on any atom is 0.407 e. The Morgan fingerprint density at radius 2 is 1.80 bits per heavy atom. The van der Waals surface area contributed by atoms with Crippen molar-refractivity contribution in [1.82, 2.24) is 10.2 Å². The van der Waals surface area contributed by atoms with Gasteiger partial charge in [-0.2, -0.15) is 0 Å². The van der Waals surface area contributed by atoms with Gasteiger partial charge in [-0.05, 0) is 51.8 Å². The second-order valence-electron chi connectivity index (χ2n) is 6.99. The molecule has 6 heteroatoms. The van der Waals surface area contributed by atoms with Crippen LogP contribution in [0, 0.1) is 0 Å². The summed E-state index contributed by atoms with van der Waals surface area (Å²) in [4.78, 5) is 25.6. The van der Waals surface area contributed by atoms with Crippen molar-refractivity contribution in [3.63, 3.8) is 0 Å². The topological polar surface area (TPSA) is 67.9 Å². The maximum atomic E-state index is 12.3. The SMILES string of the molecule is COc1ccc(C(C)N(C)C(=O)CCCNC(=O)OC(C)(C)C)cc1. The first-order valence-electron chi connectivity index (χ1n) is 8.50. The lowest BCUT2D eigenvalue weighted by molar-refractivity contribution is -0.131. The maximum absolute atomic E-state index is 12.3. The van der Waals surface area contributed by atoms with Crippen molar-refractivity contribution in [3.05, 3.63) is 29.8 Å². The Hall–Kier alpha value is -2.24. The van der Waals surface area contributed by atoms with Gasteiger partial charge >= 0.3 is 6.09 Å². The third kappa shape index (κ3) is 7.45. The summed E-state index contributed by atoms with van der Waals surface area (Å²) in [5, 5.41) is 2.66. The molecule has 1 rings (SSSR count). The van der Waals surface area contributed by atoms with Crippen LogP contribution in [0.3, 0.4) is 0 Å². The Morgan fingerprint density at radius 1 is 1.20 bits per heavy atom. The molecule has 1 aromatic carbocycles. The number of carbonyl (C=O) groups is 2. The number of rotatable bonds is 7. The molecule has 0 spiro atoms. The summed E-state index contributed by atoms with van der Waals surface area (Å²) < 4.78 is 10.3. The van der Waals surface area contributed by atoms with E-state index in [9.17, 15) is 9.59 Å². The van der Waals surface area contributed by atoms with Gasteiger partial charge in [0.15, 0.2) is 0 Å². The summed E-state index contributed by atoms with van der Waals surface area (Å²) in [7, 11) is 3.41. The Balaban J connectivity index is 2.39. The quantitative estimate of drug-likeness (QED) is 0.764. The number of nitrogens with one attached hydrogen (secondary N) is 1.